The predicted octanol–water partition coefficient (Wildman–Crippen LogP) is 3.31. The maximum absolute atomic E-state index is 5.86. The molecule has 3 heteroatoms. The van der Waals surface area contributed by atoms with Gasteiger partial charge in [0.2, 0.25) is 0 Å². The zero-order chi connectivity index (χ0) is 11.4. The Hall–Kier alpha value is -0.540. The lowest BCUT2D eigenvalue weighted by molar-refractivity contribution is 0.125. The molecule has 88 valence electrons. The Morgan fingerprint density at radius 3 is 2.94 bits per heavy atom. The fourth-order valence-corrected chi connectivity index (χ4v) is 2.50. The van der Waals surface area contributed by atoms with Crippen LogP contribution in [0.25, 0.3) is 0 Å². The van der Waals surface area contributed by atoms with Gasteiger partial charge in [0.15, 0.2) is 0 Å². The molecule has 0 aliphatic carbocycles. The lowest BCUT2D eigenvalue weighted by Gasteiger charge is -2.32. The minimum atomic E-state index is 0.570. The van der Waals surface area contributed by atoms with Crippen LogP contribution in [-0.4, -0.2) is 31.1 Å². The number of halogens is 1. The molecule has 16 heavy (non-hydrogen) atoms. The molecule has 2 nitrogen and oxygen atoms in total. The van der Waals surface area contributed by atoms with Crippen LogP contribution in [0.5, 0.6) is 5.75 Å². The van der Waals surface area contributed by atoms with Crippen molar-refractivity contribution in [1.82, 2.24) is 4.90 Å². The van der Waals surface area contributed by atoms with E-state index in [1.54, 1.807) is 0 Å². The first kappa shape index (κ1) is 11.9. The van der Waals surface area contributed by atoms with E-state index in [2.05, 4.69) is 27.9 Å². The summed E-state index contributed by atoms with van der Waals surface area (Å²) in [7, 11) is 2.19. The highest BCUT2D eigenvalue weighted by atomic mass is 79.9. The number of likely N-dealkylation sites (tertiary alicyclic amines) is 1. The van der Waals surface area contributed by atoms with Gasteiger partial charge in [0, 0.05) is 6.04 Å². The minimum absolute atomic E-state index is 0.570. The van der Waals surface area contributed by atoms with Crippen molar-refractivity contribution >= 4 is 15.9 Å². The number of benzene rings is 1. The summed E-state index contributed by atoms with van der Waals surface area (Å²) in [5, 5.41) is 0. The minimum Gasteiger partial charge on any atom is -0.491 e. The molecular weight excluding hydrogens is 266 g/mol. The van der Waals surface area contributed by atoms with Crippen LogP contribution in [0.1, 0.15) is 19.3 Å². The fourth-order valence-electron chi connectivity index (χ4n) is 2.10. The van der Waals surface area contributed by atoms with Crippen molar-refractivity contribution < 1.29 is 4.74 Å². The molecule has 1 atom stereocenters. The molecule has 1 saturated heterocycles. The van der Waals surface area contributed by atoms with Crippen LogP contribution in [0, 0.1) is 0 Å². The van der Waals surface area contributed by atoms with Gasteiger partial charge in [-0.15, -0.1) is 0 Å². The van der Waals surface area contributed by atoms with Crippen LogP contribution in [-0.2, 0) is 0 Å². The van der Waals surface area contributed by atoms with Crippen LogP contribution in [0.2, 0.25) is 0 Å². The molecule has 1 aromatic rings. The summed E-state index contributed by atoms with van der Waals surface area (Å²) in [5.74, 6) is 0.946. The maximum atomic E-state index is 5.86. The first-order valence-corrected chi connectivity index (χ1v) is 6.64. The van der Waals surface area contributed by atoms with Crippen LogP contribution in [0.3, 0.4) is 0 Å². The molecule has 1 unspecified atom stereocenters. The van der Waals surface area contributed by atoms with Crippen molar-refractivity contribution in [2.75, 3.05) is 20.2 Å². The van der Waals surface area contributed by atoms with Crippen molar-refractivity contribution in [2.24, 2.45) is 0 Å². The summed E-state index contributed by atoms with van der Waals surface area (Å²) in [6, 6.07) is 8.60. The molecule has 0 radical (unpaired) electrons. The van der Waals surface area contributed by atoms with Crippen molar-refractivity contribution in [3.8, 4) is 5.75 Å². The second kappa shape index (κ2) is 5.69. The van der Waals surface area contributed by atoms with E-state index in [1.807, 2.05) is 24.3 Å². The first-order valence-electron chi connectivity index (χ1n) is 5.85. The Morgan fingerprint density at radius 2 is 2.19 bits per heavy atom. The second-order valence-electron chi connectivity index (χ2n) is 4.37. The number of hydrogen-bond acceptors (Lipinski definition) is 2. The van der Waals surface area contributed by atoms with Crippen LogP contribution < -0.4 is 4.74 Å². The van der Waals surface area contributed by atoms with E-state index in [4.69, 9.17) is 4.74 Å². The molecule has 0 bridgehead atoms. The van der Waals surface area contributed by atoms with Crippen molar-refractivity contribution in [2.45, 2.75) is 25.3 Å². The summed E-state index contributed by atoms with van der Waals surface area (Å²) in [6.07, 6.45) is 3.90. The van der Waals surface area contributed by atoms with Gasteiger partial charge in [-0.1, -0.05) is 18.6 Å². The van der Waals surface area contributed by atoms with Crippen molar-refractivity contribution in [3.05, 3.63) is 28.7 Å². The molecule has 0 N–H and O–H groups in total. The molecule has 1 heterocycles. The molecule has 0 spiro atoms. The van der Waals surface area contributed by atoms with Gasteiger partial charge in [-0.2, -0.15) is 0 Å². The number of ether oxygens (including phenoxy) is 1. The average Bonchev–Trinajstić information content (AvgIpc) is 2.30. The molecule has 1 aromatic carbocycles. The van der Waals surface area contributed by atoms with Gasteiger partial charge in [-0.05, 0) is 54.5 Å². The molecule has 0 saturated carbocycles. The molecule has 1 fully saturated rings. The molecule has 1 aliphatic rings. The molecule has 2 rings (SSSR count). The molecular formula is C13H18BrNO. The smallest absolute Gasteiger partial charge is 0.133 e. The van der Waals surface area contributed by atoms with Crippen LogP contribution in [0.4, 0.5) is 0 Å². The Kier molecular flexibility index (Phi) is 4.24. The molecule has 0 aromatic heterocycles. The standard InChI is InChI=1S/C13H18BrNO/c1-15-9-5-4-6-11(15)10-16-13-8-3-2-7-12(13)14/h2-3,7-8,11H,4-6,9-10H2,1H3. The monoisotopic (exact) mass is 283 g/mol. The molecule has 1 aliphatic heterocycles. The summed E-state index contributed by atoms with van der Waals surface area (Å²) in [6.45, 7) is 1.99. The zero-order valence-electron chi connectivity index (χ0n) is 9.66. The van der Waals surface area contributed by atoms with E-state index in [0.717, 1.165) is 16.8 Å². The Bertz CT molecular complexity index is 342. The molecule has 0 amide bonds. The van der Waals surface area contributed by atoms with E-state index in [1.165, 1.54) is 25.8 Å². The first-order chi connectivity index (χ1) is 7.77. The van der Waals surface area contributed by atoms with Crippen LogP contribution in [0.15, 0.2) is 28.7 Å². The highest BCUT2D eigenvalue weighted by Gasteiger charge is 2.19. The largest absolute Gasteiger partial charge is 0.491 e. The van der Waals surface area contributed by atoms with Gasteiger partial charge < -0.3 is 9.64 Å². The normalized spacial score (nSPS) is 22.0. The topological polar surface area (TPSA) is 12.5 Å². The van der Waals surface area contributed by atoms with Crippen LogP contribution >= 0.6 is 15.9 Å². The Morgan fingerprint density at radius 1 is 1.38 bits per heavy atom. The summed E-state index contributed by atoms with van der Waals surface area (Å²) in [4.78, 5) is 2.40. The van der Waals surface area contributed by atoms with E-state index in [0.29, 0.717) is 6.04 Å². The maximum Gasteiger partial charge on any atom is 0.133 e. The Balaban J connectivity index is 1.89. The fraction of sp³-hybridized carbons (Fsp3) is 0.538. The lowest BCUT2D eigenvalue weighted by Crippen LogP contribution is -2.40. The van der Waals surface area contributed by atoms with Gasteiger partial charge >= 0.3 is 0 Å². The SMILES string of the molecule is CN1CCCCC1COc1ccccc1Br. The van der Waals surface area contributed by atoms with E-state index >= 15 is 0 Å². The van der Waals surface area contributed by atoms with Gasteiger partial charge in [0.25, 0.3) is 0 Å². The third kappa shape index (κ3) is 2.98. The van der Waals surface area contributed by atoms with Gasteiger partial charge in [-0.25, -0.2) is 0 Å². The van der Waals surface area contributed by atoms with E-state index < -0.39 is 0 Å². The summed E-state index contributed by atoms with van der Waals surface area (Å²) >= 11 is 3.50. The summed E-state index contributed by atoms with van der Waals surface area (Å²) < 4.78 is 6.89. The lowest BCUT2D eigenvalue weighted by atomic mass is 10.0. The number of likely N-dealkylation sites (N-methyl/N-ethyl adjacent to an activating group) is 1. The quantitative estimate of drug-likeness (QED) is 0.844. The number of rotatable bonds is 3. The number of nitrogens with zero attached hydrogens (tertiary/aromatic N) is 1. The number of hydrogen-bond donors (Lipinski definition) is 0. The van der Waals surface area contributed by atoms with E-state index in [9.17, 15) is 0 Å². The number of piperidine rings is 1. The van der Waals surface area contributed by atoms with Gasteiger partial charge in [-0.3, -0.25) is 0 Å². The third-order valence-electron chi connectivity index (χ3n) is 3.19. The third-order valence-corrected chi connectivity index (χ3v) is 3.84. The Labute approximate surface area is 106 Å². The second-order valence-corrected chi connectivity index (χ2v) is 5.23. The van der Waals surface area contributed by atoms with E-state index in [-0.39, 0.29) is 0 Å². The summed E-state index contributed by atoms with van der Waals surface area (Å²) in [5.41, 5.74) is 0. The van der Waals surface area contributed by atoms with Gasteiger partial charge in [0.05, 0.1) is 4.47 Å². The zero-order valence-corrected chi connectivity index (χ0v) is 11.2. The number of para-hydroxylation sites is 1. The van der Waals surface area contributed by atoms with Gasteiger partial charge in [0.1, 0.15) is 12.4 Å². The predicted molar refractivity (Wildman–Crippen MR) is 69.9 cm³/mol. The average molecular weight is 284 g/mol. The van der Waals surface area contributed by atoms with Crippen molar-refractivity contribution in [1.29, 1.82) is 0 Å². The highest BCUT2D eigenvalue weighted by molar-refractivity contribution is 9.10. The highest BCUT2D eigenvalue weighted by Crippen LogP contribution is 2.25. The van der Waals surface area contributed by atoms with Crippen molar-refractivity contribution in [3.63, 3.8) is 0 Å².